The maximum atomic E-state index is 11.6. The number of halogens is 1. The van der Waals surface area contributed by atoms with Crippen molar-refractivity contribution >= 4 is 21.8 Å². The summed E-state index contributed by atoms with van der Waals surface area (Å²) in [6.45, 7) is 2.88. The molecule has 0 saturated heterocycles. The summed E-state index contributed by atoms with van der Waals surface area (Å²) in [4.78, 5) is 12.1. The Balaban J connectivity index is 2.21. The summed E-state index contributed by atoms with van der Waals surface area (Å²) < 4.78 is 0. The highest BCUT2D eigenvalue weighted by molar-refractivity contribution is 9.09. The van der Waals surface area contributed by atoms with Gasteiger partial charge in [0.25, 0.3) is 0 Å². The Labute approximate surface area is 106 Å². The molecule has 1 unspecified atom stereocenters. The SMILES string of the molecule is CCC(Br)CCNC(=O)Cc1ccccc1. The maximum Gasteiger partial charge on any atom is 0.224 e. The van der Waals surface area contributed by atoms with Gasteiger partial charge in [-0.3, -0.25) is 4.79 Å². The molecule has 1 rings (SSSR count). The van der Waals surface area contributed by atoms with E-state index in [-0.39, 0.29) is 5.91 Å². The van der Waals surface area contributed by atoms with Crippen LogP contribution < -0.4 is 5.32 Å². The minimum Gasteiger partial charge on any atom is -0.356 e. The van der Waals surface area contributed by atoms with Crippen molar-refractivity contribution in [3.63, 3.8) is 0 Å². The highest BCUT2D eigenvalue weighted by Crippen LogP contribution is 2.07. The summed E-state index contributed by atoms with van der Waals surface area (Å²) in [7, 11) is 0. The van der Waals surface area contributed by atoms with Gasteiger partial charge in [-0.15, -0.1) is 0 Å². The second-order valence-electron chi connectivity index (χ2n) is 3.81. The van der Waals surface area contributed by atoms with Crippen LogP contribution in [0.1, 0.15) is 25.3 Å². The van der Waals surface area contributed by atoms with E-state index in [1.165, 1.54) is 0 Å². The van der Waals surface area contributed by atoms with Gasteiger partial charge in [-0.1, -0.05) is 53.2 Å². The molecule has 0 aromatic heterocycles. The Morgan fingerprint density at radius 2 is 2.06 bits per heavy atom. The third kappa shape index (κ3) is 5.31. The lowest BCUT2D eigenvalue weighted by molar-refractivity contribution is -0.120. The van der Waals surface area contributed by atoms with Crippen LogP contribution in [0.5, 0.6) is 0 Å². The number of carbonyl (C=O) groups excluding carboxylic acids is 1. The maximum absolute atomic E-state index is 11.6. The Morgan fingerprint density at radius 3 is 2.69 bits per heavy atom. The summed E-state index contributed by atoms with van der Waals surface area (Å²) >= 11 is 3.54. The third-order valence-electron chi connectivity index (χ3n) is 2.43. The van der Waals surface area contributed by atoms with Gasteiger partial charge >= 0.3 is 0 Å². The summed E-state index contributed by atoms with van der Waals surface area (Å²) in [5, 5.41) is 2.93. The molecular weight excluding hydrogens is 266 g/mol. The first-order valence-corrected chi connectivity index (χ1v) is 6.58. The van der Waals surface area contributed by atoms with Gasteiger partial charge in [-0.25, -0.2) is 0 Å². The second kappa shape index (κ2) is 7.44. The molecule has 0 aliphatic heterocycles. The molecule has 0 saturated carbocycles. The highest BCUT2D eigenvalue weighted by Gasteiger charge is 2.04. The standard InChI is InChI=1S/C13H18BrNO/c1-2-12(14)8-9-15-13(16)10-11-6-4-3-5-7-11/h3-7,12H,2,8-10H2,1H3,(H,15,16). The lowest BCUT2D eigenvalue weighted by atomic mass is 10.1. The Kier molecular flexibility index (Phi) is 6.16. The summed E-state index contributed by atoms with van der Waals surface area (Å²) in [5.41, 5.74) is 1.06. The molecule has 2 nitrogen and oxygen atoms in total. The van der Waals surface area contributed by atoms with Crippen molar-refractivity contribution in [2.75, 3.05) is 6.54 Å². The zero-order valence-electron chi connectivity index (χ0n) is 9.58. The smallest absolute Gasteiger partial charge is 0.224 e. The van der Waals surface area contributed by atoms with E-state index >= 15 is 0 Å². The van der Waals surface area contributed by atoms with Crippen molar-refractivity contribution in [3.8, 4) is 0 Å². The van der Waals surface area contributed by atoms with Crippen LogP contribution in [0.3, 0.4) is 0 Å². The van der Waals surface area contributed by atoms with Crippen molar-refractivity contribution in [1.82, 2.24) is 5.32 Å². The van der Waals surface area contributed by atoms with Crippen molar-refractivity contribution in [1.29, 1.82) is 0 Å². The number of amides is 1. The molecule has 88 valence electrons. The van der Waals surface area contributed by atoms with E-state index in [2.05, 4.69) is 28.2 Å². The van der Waals surface area contributed by atoms with Crippen molar-refractivity contribution in [3.05, 3.63) is 35.9 Å². The van der Waals surface area contributed by atoms with Crippen molar-refractivity contribution < 1.29 is 4.79 Å². The van der Waals surface area contributed by atoms with Crippen LogP contribution >= 0.6 is 15.9 Å². The lowest BCUT2D eigenvalue weighted by Crippen LogP contribution is -2.27. The third-order valence-corrected chi connectivity index (χ3v) is 3.54. The Hall–Kier alpha value is -0.830. The van der Waals surface area contributed by atoms with Crippen LogP contribution in [0.4, 0.5) is 0 Å². The Morgan fingerprint density at radius 1 is 1.38 bits per heavy atom. The summed E-state index contributed by atoms with van der Waals surface area (Å²) in [6.07, 6.45) is 2.55. The molecule has 1 aromatic carbocycles. The average Bonchev–Trinajstić information content (AvgIpc) is 2.30. The van der Waals surface area contributed by atoms with Crippen LogP contribution in [0.25, 0.3) is 0 Å². The van der Waals surface area contributed by atoms with Gasteiger partial charge in [0, 0.05) is 11.4 Å². The molecule has 0 radical (unpaired) electrons. The molecule has 3 heteroatoms. The molecule has 0 heterocycles. The quantitative estimate of drug-likeness (QED) is 0.800. The fourth-order valence-corrected chi connectivity index (χ4v) is 1.65. The first-order chi connectivity index (χ1) is 7.72. The molecule has 0 aliphatic rings. The molecule has 0 spiro atoms. The van der Waals surface area contributed by atoms with Crippen molar-refractivity contribution in [2.24, 2.45) is 0 Å². The Bertz CT molecular complexity index is 313. The number of alkyl halides is 1. The van der Waals surface area contributed by atoms with E-state index in [1.807, 2.05) is 30.3 Å². The molecule has 0 aliphatic carbocycles. The van der Waals surface area contributed by atoms with Crippen LogP contribution in [0, 0.1) is 0 Å². The van der Waals surface area contributed by atoms with E-state index in [1.54, 1.807) is 0 Å². The predicted molar refractivity (Wildman–Crippen MR) is 70.8 cm³/mol. The minimum atomic E-state index is 0.0991. The molecule has 1 amide bonds. The van der Waals surface area contributed by atoms with Gasteiger partial charge in [0.15, 0.2) is 0 Å². The lowest BCUT2D eigenvalue weighted by Gasteiger charge is -2.08. The zero-order valence-corrected chi connectivity index (χ0v) is 11.2. The first-order valence-electron chi connectivity index (χ1n) is 5.67. The monoisotopic (exact) mass is 283 g/mol. The number of rotatable bonds is 6. The predicted octanol–water partition coefficient (Wildman–Crippen LogP) is 2.91. The zero-order chi connectivity index (χ0) is 11.8. The van der Waals surface area contributed by atoms with Gasteiger partial charge in [-0.2, -0.15) is 0 Å². The summed E-state index contributed by atoms with van der Waals surface area (Å²) in [6, 6.07) is 9.80. The highest BCUT2D eigenvalue weighted by atomic mass is 79.9. The largest absolute Gasteiger partial charge is 0.356 e. The van der Waals surface area contributed by atoms with E-state index < -0.39 is 0 Å². The van der Waals surface area contributed by atoms with Crippen LogP contribution in [0.2, 0.25) is 0 Å². The van der Waals surface area contributed by atoms with Crippen LogP contribution in [-0.2, 0) is 11.2 Å². The van der Waals surface area contributed by atoms with Crippen LogP contribution in [-0.4, -0.2) is 17.3 Å². The molecule has 0 bridgehead atoms. The van der Waals surface area contributed by atoms with Crippen LogP contribution in [0.15, 0.2) is 30.3 Å². The molecule has 0 fully saturated rings. The number of benzene rings is 1. The molecule has 1 atom stereocenters. The van der Waals surface area contributed by atoms with E-state index in [9.17, 15) is 4.79 Å². The van der Waals surface area contributed by atoms with E-state index in [4.69, 9.17) is 0 Å². The van der Waals surface area contributed by atoms with Gasteiger partial charge in [0.1, 0.15) is 0 Å². The van der Waals surface area contributed by atoms with E-state index in [0.29, 0.717) is 11.2 Å². The number of hydrogen-bond donors (Lipinski definition) is 1. The number of carbonyl (C=O) groups is 1. The van der Waals surface area contributed by atoms with E-state index in [0.717, 1.165) is 24.9 Å². The van der Waals surface area contributed by atoms with Gasteiger partial charge < -0.3 is 5.32 Å². The number of nitrogens with one attached hydrogen (secondary N) is 1. The molecular formula is C13H18BrNO. The fraction of sp³-hybridized carbons (Fsp3) is 0.462. The second-order valence-corrected chi connectivity index (χ2v) is 5.10. The van der Waals surface area contributed by atoms with Gasteiger partial charge in [0.2, 0.25) is 5.91 Å². The summed E-state index contributed by atoms with van der Waals surface area (Å²) in [5.74, 6) is 0.0991. The number of hydrogen-bond acceptors (Lipinski definition) is 1. The first kappa shape index (κ1) is 13.2. The fourth-order valence-electron chi connectivity index (χ4n) is 1.42. The van der Waals surface area contributed by atoms with Gasteiger partial charge in [-0.05, 0) is 18.4 Å². The minimum absolute atomic E-state index is 0.0991. The molecule has 1 aromatic rings. The average molecular weight is 284 g/mol. The molecule has 16 heavy (non-hydrogen) atoms. The molecule has 1 N–H and O–H groups in total. The normalized spacial score (nSPS) is 12.1. The van der Waals surface area contributed by atoms with Gasteiger partial charge in [0.05, 0.1) is 6.42 Å². The van der Waals surface area contributed by atoms with Crippen molar-refractivity contribution in [2.45, 2.75) is 31.0 Å². The topological polar surface area (TPSA) is 29.1 Å².